The third-order valence-electron chi connectivity index (χ3n) is 6.44. The molecule has 12 nitrogen and oxygen atoms in total. The number of allylic oxidation sites excluding steroid dienone is 1. The predicted molar refractivity (Wildman–Crippen MR) is 151 cm³/mol. The number of ether oxygens (including phenoxy) is 3. The van der Waals surface area contributed by atoms with Crippen LogP contribution in [-0.2, 0) is 11.8 Å². The summed E-state index contributed by atoms with van der Waals surface area (Å²) in [5.41, 5.74) is 15.2. The Bertz CT molecular complexity index is 1420. The summed E-state index contributed by atoms with van der Waals surface area (Å²) in [5.74, 6) is 1.22. The maximum Gasteiger partial charge on any atom is 0.276 e. The number of hydrogen-bond donors (Lipinski definition) is 2. The lowest BCUT2D eigenvalue weighted by molar-refractivity contribution is 0.0394. The Balaban J connectivity index is 1.68. The molecule has 0 unspecified atom stereocenters. The van der Waals surface area contributed by atoms with Crippen molar-refractivity contribution in [1.82, 2.24) is 24.4 Å². The van der Waals surface area contributed by atoms with Crippen molar-refractivity contribution in [3.63, 3.8) is 0 Å². The highest BCUT2D eigenvalue weighted by atomic mass is 16.5. The Hall–Kier alpha value is -4.29. The van der Waals surface area contributed by atoms with Gasteiger partial charge in [-0.2, -0.15) is 0 Å². The van der Waals surface area contributed by atoms with Crippen molar-refractivity contribution in [2.24, 2.45) is 17.8 Å². The summed E-state index contributed by atoms with van der Waals surface area (Å²) in [5, 5.41) is 0. The topological polar surface area (TPSA) is 156 Å². The molecule has 0 saturated carbocycles. The zero-order valence-electron chi connectivity index (χ0n) is 22.7. The van der Waals surface area contributed by atoms with Crippen LogP contribution in [0.2, 0.25) is 0 Å². The molecule has 39 heavy (non-hydrogen) atoms. The summed E-state index contributed by atoms with van der Waals surface area (Å²) in [6.07, 6.45) is 4.58. The first-order chi connectivity index (χ1) is 18.8. The van der Waals surface area contributed by atoms with Gasteiger partial charge in [0, 0.05) is 62.0 Å². The highest BCUT2D eigenvalue weighted by Crippen LogP contribution is 2.29. The molecule has 0 aliphatic carbocycles. The van der Waals surface area contributed by atoms with E-state index in [0.29, 0.717) is 46.3 Å². The molecule has 206 valence electrons. The van der Waals surface area contributed by atoms with Crippen LogP contribution in [0, 0.1) is 0 Å². The number of nitrogens with two attached hydrogens (primary N) is 2. The minimum atomic E-state index is -0.303. The van der Waals surface area contributed by atoms with Crippen LogP contribution in [0.15, 0.2) is 46.6 Å². The van der Waals surface area contributed by atoms with Gasteiger partial charge in [-0.15, -0.1) is 0 Å². The number of hydrogen-bond acceptors (Lipinski definition) is 11. The number of aliphatic imine (C=N–C) groups is 1. The fourth-order valence-electron chi connectivity index (χ4n) is 4.23. The molecule has 1 fully saturated rings. The first kappa shape index (κ1) is 27.7. The monoisotopic (exact) mass is 534 g/mol. The van der Waals surface area contributed by atoms with Gasteiger partial charge < -0.3 is 30.2 Å². The molecule has 1 aliphatic heterocycles. The molecular formula is C27H34N8O4. The molecule has 3 heterocycles. The van der Waals surface area contributed by atoms with Gasteiger partial charge in [-0.25, -0.2) is 15.0 Å². The fourth-order valence-corrected chi connectivity index (χ4v) is 4.23. The van der Waals surface area contributed by atoms with Crippen molar-refractivity contribution in [2.75, 3.05) is 59.3 Å². The number of nitrogens with zero attached hydrogens (tertiary/aromatic N) is 6. The average molecular weight is 535 g/mol. The minimum Gasteiger partial charge on any atom is -0.497 e. The quantitative estimate of drug-likeness (QED) is 0.387. The van der Waals surface area contributed by atoms with Gasteiger partial charge in [0.1, 0.15) is 28.6 Å². The molecule has 1 aliphatic rings. The van der Waals surface area contributed by atoms with Crippen molar-refractivity contribution in [2.45, 2.75) is 6.92 Å². The van der Waals surface area contributed by atoms with Crippen LogP contribution in [0.25, 0.3) is 28.2 Å². The van der Waals surface area contributed by atoms with Gasteiger partial charge in [-0.1, -0.05) is 0 Å². The van der Waals surface area contributed by atoms with Crippen molar-refractivity contribution in [1.29, 1.82) is 0 Å². The highest BCUT2D eigenvalue weighted by Gasteiger charge is 2.18. The van der Waals surface area contributed by atoms with Crippen molar-refractivity contribution < 1.29 is 14.2 Å². The van der Waals surface area contributed by atoms with Gasteiger partial charge in [0.25, 0.3) is 5.56 Å². The van der Waals surface area contributed by atoms with Crippen LogP contribution >= 0.6 is 0 Å². The lowest BCUT2D eigenvalue weighted by Gasteiger charge is -2.25. The van der Waals surface area contributed by atoms with E-state index in [4.69, 9.17) is 35.7 Å². The SMILES string of the molecule is COc1cc(OC)cc(-c2nc(-c3nc(C(=CN)C(C)=NCCN4CCOCC4)cnc3N)cn(C)c2=O)c1. The molecule has 0 amide bonds. The van der Waals surface area contributed by atoms with Crippen LogP contribution in [-0.4, -0.2) is 83.7 Å². The molecule has 0 spiro atoms. The standard InChI is InChI=1S/C27H34N8O4/c1-17(30-5-6-35-7-9-39-10-8-35)21(14-28)22-15-31-26(29)25(32-22)23-16-34(2)27(36)24(33-23)18-11-19(37-3)13-20(12-18)38-4/h11-16H,5-10,28H2,1-4H3,(H2,29,31). The van der Waals surface area contributed by atoms with Gasteiger partial charge in [0.05, 0.1) is 45.9 Å². The predicted octanol–water partition coefficient (Wildman–Crippen LogP) is 1.60. The number of morpholine rings is 1. The van der Waals surface area contributed by atoms with Crippen LogP contribution in [0.3, 0.4) is 0 Å². The smallest absolute Gasteiger partial charge is 0.276 e. The van der Waals surface area contributed by atoms with E-state index in [-0.39, 0.29) is 17.1 Å². The Morgan fingerprint density at radius 2 is 1.82 bits per heavy atom. The summed E-state index contributed by atoms with van der Waals surface area (Å²) in [6, 6.07) is 5.15. The normalized spacial score (nSPS) is 14.9. The maximum absolute atomic E-state index is 13.1. The first-order valence-electron chi connectivity index (χ1n) is 12.5. The van der Waals surface area contributed by atoms with E-state index in [9.17, 15) is 4.79 Å². The summed E-state index contributed by atoms with van der Waals surface area (Å²) < 4.78 is 17.6. The molecule has 3 aromatic rings. The van der Waals surface area contributed by atoms with E-state index >= 15 is 0 Å². The maximum atomic E-state index is 13.1. The van der Waals surface area contributed by atoms with Crippen molar-refractivity contribution >= 4 is 17.1 Å². The van der Waals surface area contributed by atoms with Crippen molar-refractivity contribution in [3.05, 3.63) is 52.8 Å². The third kappa shape index (κ3) is 6.41. The molecule has 0 atom stereocenters. The van der Waals surface area contributed by atoms with E-state index in [1.807, 2.05) is 6.92 Å². The molecule has 4 rings (SSSR count). The summed E-state index contributed by atoms with van der Waals surface area (Å²) in [7, 11) is 4.72. The summed E-state index contributed by atoms with van der Waals surface area (Å²) in [4.78, 5) is 33.8. The number of rotatable bonds is 9. The van der Waals surface area contributed by atoms with Crippen LogP contribution in [0.1, 0.15) is 12.6 Å². The van der Waals surface area contributed by atoms with E-state index in [1.165, 1.54) is 10.8 Å². The third-order valence-corrected chi connectivity index (χ3v) is 6.44. The lowest BCUT2D eigenvalue weighted by atomic mass is 10.1. The number of nitrogen functional groups attached to an aromatic ring is 1. The lowest BCUT2D eigenvalue weighted by Crippen LogP contribution is -2.37. The number of anilines is 1. The Morgan fingerprint density at radius 3 is 2.46 bits per heavy atom. The Morgan fingerprint density at radius 1 is 1.13 bits per heavy atom. The van der Waals surface area contributed by atoms with Gasteiger partial charge in [-0.05, 0) is 19.1 Å². The highest BCUT2D eigenvalue weighted by molar-refractivity contribution is 6.22. The number of methoxy groups -OCH3 is 2. The van der Waals surface area contributed by atoms with Gasteiger partial charge in [-0.3, -0.25) is 14.7 Å². The van der Waals surface area contributed by atoms with E-state index < -0.39 is 0 Å². The van der Waals surface area contributed by atoms with Gasteiger partial charge >= 0.3 is 0 Å². The average Bonchev–Trinajstić information content (AvgIpc) is 2.96. The van der Waals surface area contributed by atoms with Crippen LogP contribution in [0.5, 0.6) is 11.5 Å². The molecule has 0 radical (unpaired) electrons. The Labute approximate surface area is 227 Å². The van der Waals surface area contributed by atoms with E-state index in [1.54, 1.807) is 51.9 Å². The molecule has 4 N–H and O–H groups in total. The van der Waals surface area contributed by atoms with E-state index in [2.05, 4.69) is 14.9 Å². The largest absolute Gasteiger partial charge is 0.497 e. The summed E-state index contributed by atoms with van der Waals surface area (Å²) >= 11 is 0. The minimum absolute atomic E-state index is 0.164. The summed E-state index contributed by atoms with van der Waals surface area (Å²) in [6.45, 7) is 6.62. The second-order valence-corrected chi connectivity index (χ2v) is 8.98. The van der Waals surface area contributed by atoms with Crippen LogP contribution in [0.4, 0.5) is 5.82 Å². The molecule has 12 heteroatoms. The second-order valence-electron chi connectivity index (χ2n) is 8.98. The molecule has 2 aromatic heterocycles. The molecule has 1 saturated heterocycles. The zero-order chi connectivity index (χ0) is 27.9. The molecular weight excluding hydrogens is 500 g/mol. The molecule has 1 aromatic carbocycles. The first-order valence-corrected chi connectivity index (χ1v) is 12.5. The zero-order valence-corrected chi connectivity index (χ0v) is 22.7. The van der Waals surface area contributed by atoms with Gasteiger partial charge in [0.2, 0.25) is 0 Å². The number of benzene rings is 1. The number of aromatic nitrogens is 4. The Kier molecular flexibility index (Phi) is 8.89. The molecule has 0 bridgehead atoms. The second kappa shape index (κ2) is 12.5. The van der Waals surface area contributed by atoms with Gasteiger partial charge in [0.15, 0.2) is 5.82 Å². The van der Waals surface area contributed by atoms with E-state index in [0.717, 1.165) is 38.6 Å². The van der Waals surface area contributed by atoms with Crippen LogP contribution < -0.4 is 26.5 Å². The van der Waals surface area contributed by atoms with Crippen molar-refractivity contribution in [3.8, 4) is 34.1 Å². The number of aryl methyl sites for hydroxylation is 1. The fraction of sp³-hybridized carbons (Fsp3) is 0.370.